The Hall–Kier alpha value is -2.96. The Kier molecular flexibility index (Phi) is 6.68. The number of aromatic nitrogens is 2. The Morgan fingerprint density at radius 3 is 2.61 bits per heavy atom. The van der Waals surface area contributed by atoms with Gasteiger partial charge in [0.05, 0.1) is 19.9 Å². The summed E-state index contributed by atoms with van der Waals surface area (Å²) in [6.45, 7) is 2.18. The maximum Gasteiger partial charge on any atom is 0.252 e. The van der Waals surface area contributed by atoms with Crippen LogP contribution in [0.15, 0.2) is 38.4 Å². The molecule has 0 bridgehead atoms. The van der Waals surface area contributed by atoms with Crippen LogP contribution in [0.4, 0.5) is 5.69 Å². The van der Waals surface area contributed by atoms with Gasteiger partial charge in [-0.25, -0.2) is 8.42 Å². The van der Waals surface area contributed by atoms with E-state index in [9.17, 15) is 13.2 Å². The second-order valence-corrected chi connectivity index (χ2v) is 10.6. The highest BCUT2D eigenvalue weighted by molar-refractivity contribution is 7.91. The molecule has 0 atom stereocenters. The normalized spacial score (nSPS) is 15.4. The van der Waals surface area contributed by atoms with Crippen LogP contribution in [-0.4, -0.2) is 56.1 Å². The minimum atomic E-state index is -3.67. The molecule has 10 nitrogen and oxygen atoms in total. The van der Waals surface area contributed by atoms with Crippen molar-refractivity contribution in [3.05, 3.63) is 35.5 Å². The molecule has 0 unspecified atom stereocenters. The standard InChI is InChI=1S/C21H24N4O6S2/c1-13-22-20(24-31-13)15-10-19(32-12-15)33(27,28)25-8-6-14(7-9-25)21(26)23-17-11-16(29-2)4-5-18(17)30-3/h4-5,10-12,14H,6-9H2,1-3H3,(H,23,26). The number of nitrogens with one attached hydrogen (secondary N) is 1. The number of benzene rings is 1. The summed E-state index contributed by atoms with van der Waals surface area (Å²) in [5, 5.41) is 8.41. The van der Waals surface area contributed by atoms with Crippen LogP contribution in [0.3, 0.4) is 0 Å². The Bertz CT molecular complexity index is 1250. The van der Waals surface area contributed by atoms with Crippen LogP contribution >= 0.6 is 11.3 Å². The molecule has 0 aliphatic carbocycles. The number of nitrogens with zero attached hydrogens (tertiary/aromatic N) is 3. The highest BCUT2D eigenvalue weighted by Gasteiger charge is 2.33. The van der Waals surface area contributed by atoms with Crippen molar-refractivity contribution in [1.82, 2.24) is 14.4 Å². The molecular weight excluding hydrogens is 468 g/mol. The summed E-state index contributed by atoms with van der Waals surface area (Å²) in [5.41, 5.74) is 1.11. The first-order valence-electron chi connectivity index (χ1n) is 10.2. The first kappa shape index (κ1) is 23.2. The number of rotatable bonds is 7. The third kappa shape index (κ3) is 4.87. The first-order chi connectivity index (χ1) is 15.8. The summed E-state index contributed by atoms with van der Waals surface area (Å²) in [6.07, 6.45) is 0.833. The second kappa shape index (κ2) is 9.49. The third-order valence-electron chi connectivity index (χ3n) is 5.44. The molecule has 0 radical (unpaired) electrons. The van der Waals surface area contributed by atoms with Gasteiger partial charge in [-0.15, -0.1) is 11.3 Å². The van der Waals surface area contributed by atoms with E-state index in [0.717, 1.165) is 11.3 Å². The number of thiophene rings is 1. The number of carbonyl (C=O) groups excluding carboxylic acids is 1. The fraction of sp³-hybridized carbons (Fsp3) is 0.381. The van der Waals surface area contributed by atoms with Crippen molar-refractivity contribution < 1.29 is 27.2 Å². The van der Waals surface area contributed by atoms with Gasteiger partial charge in [0.15, 0.2) is 0 Å². The maximum absolute atomic E-state index is 13.1. The van der Waals surface area contributed by atoms with Crippen LogP contribution in [0.25, 0.3) is 11.4 Å². The molecule has 1 N–H and O–H groups in total. The number of anilines is 1. The van der Waals surface area contributed by atoms with Crippen LogP contribution in [0.1, 0.15) is 18.7 Å². The topological polar surface area (TPSA) is 124 Å². The molecule has 1 aliphatic rings. The Morgan fingerprint density at radius 2 is 1.97 bits per heavy atom. The van der Waals surface area contributed by atoms with Crippen LogP contribution in [-0.2, 0) is 14.8 Å². The molecule has 1 aromatic carbocycles. The summed E-state index contributed by atoms with van der Waals surface area (Å²) in [5.74, 6) is 1.40. The van der Waals surface area contributed by atoms with Crippen LogP contribution in [0, 0.1) is 12.8 Å². The zero-order valence-corrected chi connectivity index (χ0v) is 20.0. The zero-order valence-electron chi connectivity index (χ0n) is 18.4. The molecule has 1 fully saturated rings. The van der Waals surface area contributed by atoms with E-state index in [1.807, 2.05) is 0 Å². The Labute approximate surface area is 195 Å². The molecule has 12 heteroatoms. The minimum absolute atomic E-state index is 0.176. The average Bonchev–Trinajstić information content (AvgIpc) is 3.48. The monoisotopic (exact) mass is 492 g/mol. The number of hydrogen-bond donors (Lipinski definition) is 1. The number of ether oxygens (including phenoxy) is 2. The van der Waals surface area contributed by atoms with Crippen molar-refractivity contribution in [2.75, 3.05) is 32.6 Å². The van der Waals surface area contributed by atoms with E-state index in [4.69, 9.17) is 14.0 Å². The highest BCUT2D eigenvalue weighted by atomic mass is 32.2. The summed E-state index contributed by atoms with van der Waals surface area (Å²) in [6, 6.07) is 6.70. The highest BCUT2D eigenvalue weighted by Crippen LogP contribution is 2.33. The van der Waals surface area contributed by atoms with E-state index in [2.05, 4.69) is 15.5 Å². The van der Waals surface area contributed by atoms with E-state index in [1.165, 1.54) is 11.4 Å². The van der Waals surface area contributed by atoms with E-state index in [-0.39, 0.29) is 29.1 Å². The van der Waals surface area contributed by atoms with E-state index in [0.29, 0.717) is 47.3 Å². The fourth-order valence-electron chi connectivity index (χ4n) is 3.62. The lowest BCUT2D eigenvalue weighted by atomic mass is 9.97. The molecule has 4 rings (SSSR count). The van der Waals surface area contributed by atoms with Gasteiger partial charge in [-0.1, -0.05) is 5.16 Å². The predicted molar refractivity (Wildman–Crippen MR) is 122 cm³/mol. The van der Waals surface area contributed by atoms with Crippen molar-refractivity contribution in [3.8, 4) is 22.9 Å². The van der Waals surface area contributed by atoms with Crippen molar-refractivity contribution in [3.63, 3.8) is 0 Å². The molecule has 1 aliphatic heterocycles. The van der Waals surface area contributed by atoms with Crippen molar-refractivity contribution >= 4 is 33.0 Å². The molecule has 3 heterocycles. The van der Waals surface area contributed by atoms with Crippen LogP contribution in [0.5, 0.6) is 11.5 Å². The lowest BCUT2D eigenvalue weighted by Gasteiger charge is -2.30. The summed E-state index contributed by atoms with van der Waals surface area (Å²) in [4.78, 5) is 17.0. The van der Waals surface area contributed by atoms with Crippen molar-refractivity contribution in [2.45, 2.75) is 24.0 Å². The molecule has 1 amide bonds. The minimum Gasteiger partial charge on any atom is -0.497 e. The smallest absolute Gasteiger partial charge is 0.252 e. The van der Waals surface area contributed by atoms with Crippen molar-refractivity contribution in [2.24, 2.45) is 5.92 Å². The van der Waals surface area contributed by atoms with Gasteiger partial charge in [0.1, 0.15) is 15.7 Å². The lowest BCUT2D eigenvalue weighted by molar-refractivity contribution is -0.120. The Morgan fingerprint density at radius 1 is 1.21 bits per heavy atom. The van der Waals surface area contributed by atoms with Gasteiger partial charge < -0.3 is 19.3 Å². The largest absolute Gasteiger partial charge is 0.497 e. The van der Waals surface area contributed by atoms with E-state index in [1.54, 1.807) is 43.7 Å². The molecule has 176 valence electrons. The molecule has 3 aromatic rings. The summed E-state index contributed by atoms with van der Waals surface area (Å²) in [7, 11) is -0.603. The van der Waals surface area contributed by atoms with Crippen LogP contribution in [0.2, 0.25) is 0 Å². The molecule has 2 aromatic heterocycles. The number of carbonyl (C=O) groups is 1. The van der Waals surface area contributed by atoms with E-state index < -0.39 is 10.0 Å². The summed E-state index contributed by atoms with van der Waals surface area (Å²) >= 11 is 1.11. The number of aryl methyl sites for hydroxylation is 1. The van der Waals surface area contributed by atoms with Crippen molar-refractivity contribution in [1.29, 1.82) is 0 Å². The molecule has 0 spiro atoms. The van der Waals surface area contributed by atoms with Gasteiger partial charge in [0.2, 0.25) is 17.6 Å². The number of amides is 1. The van der Waals surface area contributed by atoms with Gasteiger partial charge >= 0.3 is 0 Å². The average molecular weight is 493 g/mol. The maximum atomic E-state index is 13.1. The number of sulfonamides is 1. The second-order valence-electron chi connectivity index (χ2n) is 7.53. The van der Waals surface area contributed by atoms with Gasteiger partial charge in [-0.05, 0) is 31.0 Å². The fourth-order valence-corrected chi connectivity index (χ4v) is 6.40. The molecule has 33 heavy (non-hydrogen) atoms. The van der Waals surface area contributed by atoms with Crippen LogP contribution < -0.4 is 14.8 Å². The predicted octanol–water partition coefficient (Wildman–Crippen LogP) is 3.16. The number of piperidine rings is 1. The van der Waals surface area contributed by atoms with Gasteiger partial charge in [0.25, 0.3) is 10.0 Å². The number of hydrogen-bond acceptors (Lipinski definition) is 9. The lowest BCUT2D eigenvalue weighted by Crippen LogP contribution is -2.41. The zero-order chi connectivity index (χ0) is 23.6. The van der Waals surface area contributed by atoms with Gasteiger partial charge in [-0.2, -0.15) is 9.29 Å². The van der Waals surface area contributed by atoms with Gasteiger partial charge in [-0.3, -0.25) is 4.79 Å². The summed E-state index contributed by atoms with van der Waals surface area (Å²) < 4.78 is 43.3. The number of methoxy groups -OCH3 is 2. The third-order valence-corrected chi connectivity index (χ3v) is 8.76. The molecular formula is C21H24N4O6S2. The Balaban J connectivity index is 1.40. The van der Waals surface area contributed by atoms with Gasteiger partial charge in [0, 0.05) is 42.9 Å². The molecule has 1 saturated heterocycles. The SMILES string of the molecule is COc1ccc(OC)c(NC(=O)C2CCN(S(=O)(=O)c3cc(-c4noc(C)n4)cs3)CC2)c1. The van der Waals surface area contributed by atoms with E-state index >= 15 is 0 Å². The quantitative estimate of drug-likeness (QED) is 0.533. The molecule has 0 saturated carbocycles. The first-order valence-corrected chi connectivity index (χ1v) is 12.6.